The predicted octanol–water partition coefficient (Wildman–Crippen LogP) is 7.10. The highest BCUT2D eigenvalue weighted by atomic mass is 31.1. The second kappa shape index (κ2) is 13.4. The molecule has 0 aliphatic heterocycles. The number of nitrogens with one attached hydrogen (secondary N) is 1. The molecule has 0 radical (unpaired) electrons. The molecule has 0 saturated carbocycles. The first kappa shape index (κ1) is 29.0. The van der Waals surface area contributed by atoms with Crippen LogP contribution in [-0.4, -0.2) is 61.6 Å². The Morgan fingerprint density at radius 3 is 1.82 bits per heavy atom. The molecule has 9 heteroatoms. The topological polar surface area (TPSA) is 90.9 Å². The molecule has 0 aliphatic carbocycles. The van der Waals surface area contributed by atoms with Crippen LogP contribution in [-0.2, 0) is 4.57 Å². The maximum atomic E-state index is 11.0. The van der Waals surface area contributed by atoms with Crippen molar-refractivity contribution in [1.29, 1.82) is 0 Å². The number of phenolic OH excluding ortho intramolecular Hbond substituents is 1. The Hall–Kier alpha value is -4.03. The van der Waals surface area contributed by atoms with Crippen molar-refractivity contribution in [3.05, 3.63) is 60.7 Å². The lowest BCUT2D eigenvalue weighted by molar-refractivity contribution is 0.340. The summed E-state index contributed by atoms with van der Waals surface area (Å²) in [6, 6.07) is 20.3. The standard InChI is InChI=1S/C31H37N4O4P/c1-6-34(7-2)24-13-9-21(10-14-24)28-29(22-11-15-25(16-12-22)35(8-3)17-18-40-37)33-31(32-28)23-19-26(38-4)30(36)27(20-23)39-5/h9-16,19-20,36H,6-8,17-18H2,1-5H3,(H,32,33). The average molecular weight is 561 g/mol. The number of H-pyrrole nitrogens is 1. The first-order valence-corrected chi connectivity index (χ1v) is 14.5. The van der Waals surface area contributed by atoms with E-state index in [1.165, 1.54) is 19.9 Å². The van der Waals surface area contributed by atoms with Crippen molar-refractivity contribution in [2.24, 2.45) is 0 Å². The molecule has 0 amide bonds. The molecular weight excluding hydrogens is 523 g/mol. The Morgan fingerprint density at radius 1 is 0.800 bits per heavy atom. The maximum Gasteiger partial charge on any atom is 0.200 e. The van der Waals surface area contributed by atoms with Crippen LogP contribution in [0.4, 0.5) is 11.4 Å². The number of rotatable bonds is 13. The Bertz CT molecular complexity index is 1390. The number of imidazole rings is 1. The van der Waals surface area contributed by atoms with E-state index < -0.39 is 0 Å². The van der Waals surface area contributed by atoms with Gasteiger partial charge >= 0.3 is 0 Å². The summed E-state index contributed by atoms with van der Waals surface area (Å²) in [7, 11) is 3.17. The van der Waals surface area contributed by atoms with Crippen LogP contribution in [0.15, 0.2) is 60.7 Å². The fourth-order valence-corrected chi connectivity index (χ4v) is 5.17. The summed E-state index contributed by atoms with van der Waals surface area (Å²) >= 11 is 0. The molecule has 0 aliphatic rings. The monoisotopic (exact) mass is 560 g/mol. The number of phenols is 1. The SMILES string of the molecule is CCN(CC)c1ccc(-c2[nH]c(-c3cc(OC)c(O)c(OC)c3)nc2-c2ccc(N(CC)CCP=O)cc2)cc1. The van der Waals surface area contributed by atoms with E-state index in [1.807, 2.05) is 0 Å². The molecule has 0 saturated heterocycles. The quantitative estimate of drug-likeness (QED) is 0.169. The van der Waals surface area contributed by atoms with Gasteiger partial charge in [0.05, 0.1) is 25.6 Å². The highest BCUT2D eigenvalue weighted by molar-refractivity contribution is 7.23. The summed E-state index contributed by atoms with van der Waals surface area (Å²) in [5.41, 5.74) is 6.64. The molecule has 3 aromatic carbocycles. The molecule has 40 heavy (non-hydrogen) atoms. The van der Waals surface area contributed by atoms with E-state index >= 15 is 0 Å². The average Bonchev–Trinajstić information content (AvgIpc) is 3.44. The van der Waals surface area contributed by atoms with Gasteiger partial charge in [0.2, 0.25) is 5.75 Å². The molecule has 0 atom stereocenters. The first-order chi connectivity index (χ1) is 19.5. The summed E-state index contributed by atoms with van der Waals surface area (Å²) in [6.07, 6.45) is 0.589. The van der Waals surface area contributed by atoms with Crippen LogP contribution in [0.5, 0.6) is 17.2 Å². The fraction of sp³-hybridized carbons (Fsp3) is 0.323. The van der Waals surface area contributed by atoms with Gasteiger partial charge in [-0.1, -0.05) is 24.3 Å². The lowest BCUT2D eigenvalue weighted by Crippen LogP contribution is -2.24. The van der Waals surface area contributed by atoms with Gasteiger partial charge in [-0.3, -0.25) is 4.57 Å². The number of nitrogens with zero attached hydrogens (tertiary/aromatic N) is 3. The van der Waals surface area contributed by atoms with Crippen molar-refractivity contribution in [3.63, 3.8) is 0 Å². The Labute approximate surface area is 237 Å². The minimum absolute atomic E-state index is 0.0553. The van der Waals surface area contributed by atoms with E-state index in [1.54, 1.807) is 12.1 Å². The van der Waals surface area contributed by atoms with Crippen LogP contribution in [0.25, 0.3) is 33.9 Å². The van der Waals surface area contributed by atoms with Gasteiger partial charge in [-0.25, -0.2) is 4.98 Å². The molecule has 4 rings (SSSR count). The molecule has 1 heterocycles. The van der Waals surface area contributed by atoms with Crippen LogP contribution < -0.4 is 19.3 Å². The van der Waals surface area contributed by atoms with Gasteiger partial charge in [0.1, 0.15) is 5.82 Å². The highest BCUT2D eigenvalue weighted by Crippen LogP contribution is 2.41. The van der Waals surface area contributed by atoms with Crippen LogP contribution >= 0.6 is 8.46 Å². The second-order valence-electron chi connectivity index (χ2n) is 9.24. The zero-order valence-corrected chi connectivity index (χ0v) is 24.7. The molecule has 0 spiro atoms. The Balaban J connectivity index is 1.81. The molecule has 0 bridgehead atoms. The number of hydrogen-bond donors (Lipinski definition) is 2. The molecule has 4 aromatic rings. The fourth-order valence-electron chi connectivity index (χ4n) is 4.85. The minimum atomic E-state index is -0.0553. The Kier molecular flexibility index (Phi) is 9.67. The molecule has 0 unspecified atom stereocenters. The lowest BCUT2D eigenvalue weighted by Gasteiger charge is -2.22. The summed E-state index contributed by atoms with van der Waals surface area (Å²) in [5, 5.41) is 10.4. The number of ether oxygens (including phenoxy) is 2. The van der Waals surface area contributed by atoms with E-state index in [0.29, 0.717) is 23.5 Å². The number of anilines is 2. The normalized spacial score (nSPS) is 11.0. The van der Waals surface area contributed by atoms with Gasteiger partial charge in [0.25, 0.3) is 0 Å². The summed E-state index contributed by atoms with van der Waals surface area (Å²) < 4.78 is 21.8. The summed E-state index contributed by atoms with van der Waals surface area (Å²) in [4.78, 5) is 13.1. The predicted molar refractivity (Wildman–Crippen MR) is 164 cm³/mol. The molecular formula is C31H37N4O4P. The van der Waals surface area contributed by atoms with Crippen molar-refractivity contribution >= 4 is 19.8 Å². The molecule has 2 N–H and O–H groups in total. The Morgan fingerprint density at radius 2 is 1.32 bits per heavy atom. The van der Waals surface area contributed by atoms with Gasteiger partial charge in [0, 0.05) is 60.4 Å². The van der Waals surface area contributed by atoms with E-state index in [-0.39, 0.29) is 14.2 Å². The van der Waals surface area contributed by atoms with Gasteiger partial charge in [-0.15, -0.1) is 0 Å². The highest BCUT2D eigenvalue weighted by Gasteiger charge is 2.19. The number of aromatic nitrogens is 2. The summed E-state index contributed by atoms with van der Waals surface area (Å²) in [6.45, 7) is 9.83. The van der Waals surface area contributed by atoms with E-state index in [4.69, 9.17) is 14.5 Å². The third-order valence-electron chi connectivity index (χ3n) is 7.09. The number of benzene rings is 3. The maximum absolute atomic E-state index is 11.0. The van der Waals surface area contributed by atoms with Gasteiger partial charge in [-0.05, 0) is 57.2 Å². The van der Waals surface area contributed by atoms with Gasteiger partial charge < -0.3 is 29.4 Å². The number of aromatic amines is 1. The third kappa shape index (κ3) is 6.07. The minimum Gasteiger partial charge on any atom is -0.502 e. The number of hydrogen-bond acceptors (Lipinski definition) is 7. The van der Waals surface area contributed by atoms with Crippen molar-refractivity contribution in [3.8, 4) is 51.2 Å². The van der Waals surface area contributed by atoms with E-state index in [0.717, 1.165) is 59.9 Å². The molecule has 0 fully saturated rings. The third-order valence-corrected chi connectivity index (χ3v) is 7.47. The summed E-state index contributed by atoms with van der Waals surface area (Å²) in [5.74, 6) is 1.18. The molecule has 210 valence electrons. The van der Waals surface area contributed by atoms with Gasteiger partial charge in [-0.2, -0.15) is 0 Å². The van der Waals surface area contributed by atoms with Crippen LogP contribution in [0.3, 0.4) is 0 Å². The van der Waals surface area contributed by atoms with Gasteiger partial charge in [0.15, 0.2) is 20.0 Å². The van der Waals surface area contributed by atoms with Crippen molar-refractivity contribution in [2.45, 2.75) is 20.8 Å². The number of methoxy groups -OCH3 is 2. The van der Waals surface area contributed by atoms with Crippen LogP contribution in [0.2, 0.25) is 0 Å². The van der Waals surface area contributed by atoms with Crippen LogP contribution in [0, 0.1) is 0 Å². The smallest absolute Gasteiger partial charge is 0.200 e. The molecule has 1 aromatic heterocycles. The lowest BCUT2D eigenvalue weighted by atomic mass is 10.0. The zero-order chi connectivity index (χ0) is 28.6. The van der Waals surface area contributed by atoms with Crippen molar-refractivity contribution < 1.29 is 19.1 Å². The van der Waals surface area contributed by atoms with Crippen molar-refractivity contribution in [1.82, 2.24) is 9.97 Å². The van der Waals surface area contributed by atoms with E-state index in [2.05, 4.69) is 84.1 Å². The first-order valence-electron chi connectivity index (χ1n) is 13.5. The zero-order valence-electron chi connectivity index (χ0n) is 23.8. The van der Waals surface area contributed by atoms with Crippen LogP contribution in [0.1, 0.15) is 20.8 Å². The number of aromatic hydroxyl groups is 1. The van der Waals surface area contributed by atoms with Crippen molar-refractivity contribution in [2.75, 3.05) is 56.4 Å². The van der Waals surface area contributed by atoms with E-state index in [9.17, 15) is 9.67 Å². The molecule has 8 nitrogen and oxygen atoms in total. The second-order valence-corrected chi connectivity index (χ2v) is 9.94. The largest absolute Gasteiger partial charge is 0.502 e.